The number of carbonyl (C=O) groups excluding carboxylic acids is 1. The smallest absolute Gasteiger partial charge is 0.414 e. The number of aromatic carboxylic acids is 1. The van der Waals surface area contributed by atoms with Crippen LogP contribution in [0.2, 0.25) is 10.0 Å². The van der Waals surface area contributed by atoms with Crippen LogP contribution in [0.25, 0.3) is 11.1 Å². The lowest BCUT2D eigenvalue weighted by molar-refractivity contribution is 0.0696. The zero-order chi connectivity index (χ0) is 29.5. The third-order valence-electron chi connectivity index (χ3n) is 7.74. The summed E-state index contributed by atoms with van der Waals surface area (Å²) in [5.74, 6) is -0.650. The first-order valence-electron chi connectivity index (χ1n) is 13.4. The minimum atomic E-state index is -1.25. The van der Waals surface area contributed by atoms with Crippen molar-refractivity contribution in [2.45, 2.75) is 25.8 Å². The quantitative estimate of drug-likeness (QED) is 0.212. The van der Waals surface area contributed by atoms with E-state index in [4.69, 9.17) is 37.8 Å². The van der Waals surface area contributed by atoms with Crippen LogP contribution in [-0.4, -0.2) is 46.7 Å². The number of anilines is 1. The molecule has 1 aliphatic heterocycles. The maximum atomic E-state index is 14.7. The summed E-state index contributed by atoms with van der Waals surface area (Å²) < 4.78 is 27.6. The van der Waals surface area contributed by atoms with E-state index in [-0.39, 0.29) is 35.9 Å². The molecule has 1 aliphatic carbocycles. The first-order valence-corrected chi connectivity index (χ1v) is 14.2. The molecule has 3 aromatic carbocycles. The predicted octanol–water partition coefficient (Wildman–Crippen LogP) is 7.19. The van der Waals surface area contributed by atoms with Crippen molar-refractivity contribution in [3.05, 3.63) is 99.0 Å². The molecule has 2 atom stereocenters. The molecule has 11 heteroatoms. The van der Waals surface area contributed by atoms with E-state index in [1.165, 1.54) is 6.07 Å². The van der Waals surface area contributed by atoms with Crippen molar-refractivity contribution in [3.8, 4) is 16.9 Å². The van der Waals surface area contributed by atoms with Gasteiger partial charge in [-0.15, -0.1) is 0 Å². The molecule has 42 heavy (non-hydrogen) atoms. The number of carbonyl (C=O) groups is 2. The summed E-state index contributed by atoms with van der Waals surface area (Å²) in [6.45, 7) is 2.76. The van der Waals surface area contributed by atoms with Crippen LogP contribution in [0.3, 0.4) is 0 Å². The summed E-state index contributed by atoms with van der Waals surface area (Å²) >= 11 is 12.4. The zero-order valence-corrected chi connectivity index (χ0v) is 24.0. The van der Waals surface area contributed by atoms with Gasteiger partial charge in [0.05, 0.1) is 24.0 Å². The molecule has 1 N–H and O–H groups in total. The molecule has 1 saturated carbocycles. The summed E-state index contributed by atoms with van der Waals surface area (Å²) in [6, 6.07) is 13.4. The highest BCUT2D eigenvalue weighted by molar-refractivity contribution is 6.32. The summed E-state index contributed by atoms with van der Waals surface area (Å²) in [4.78, 5) is 26.1. The van der Waals surface area contributed by atoms with E-state index in [0.29, 0.717) is 29.2 Å². The molecule has 1 aromatic heterocycles. The summed E-state index contributed by atoms with van der Waals surface area (Å²) in [6.07, 6.45) is 4.02. The summed E-state index contributed by atoms with van der Waals surface area (Å²) in [5.41, 5.74) is 4.38. The molecule has 6 rings (SSSR count). The summed E-state index contributed by atoms with van der Waals surface area (Å²) in [5, 5.41) is 14.2. The summed E-state index contributed by atoms with van der Waals surface area (Å²) in [7, 11) is 0. The van der Waals surface area contributed by atoms with E-state index in [1.54, 1.807) is 34.1 Å². The molecule has 2 heterocycles. The first kappa shape index (κ1) is 28.1. The van der Waals surface area contributed by atoms with Crippen LogP contribution < -0.4 is 9.64 Å². The predicted molar refractivity (Wildman–Crippen MR) is 156 cm³/mol. The molecular weight excluding hydrogens is 584 g/mol. The van der Waals surface area contributed by atoms with Gasteiger partial charge in [0.25, 0.3) is 0 Å². The number of hydrogen-bond donors (Lipinski definition) is 1. The molecule has 0 unspecified atom stereocenters. The van der Waals surface area contributed by atoms with Crippen LogP contribution in [0.15, 0.2) is 60.9 Å². The Bertz CT molecular complexity index is 1680. The topological polar surface area (TPSA) is 93.9 Å². The van der Waals surface area contributed by atoms with E-state index < -0.39 is 17.9 Å². The fraction of sp³-hybridized carbons (Fsp3) is 0.258. The van der Waals surface area contributed by atoms with Crippen LogP contribution >= 0.6 is 23.2 Å². The molecule has 0 spiro atoms. The SMILES string of the molecule is Cc1c(Cl)cccc1OCCOC(=O)N1C[C@@H]2C[C@@H]2c2c(-c3cnn(Cc4c(F)cc(C(=O)O)cc4Cl)c3)cccc21. The third-order valence-corrected chi connectivity index (χ3v) is 8.49. The van der Waals surface area contributed by atoms with Crippen molar-refractivity contribution < 1.29 is 28.6 Å². The van der Waals surface area contributed by atoms with Gasteiger partial charge < -0.3 is 14.6 Å². The largest absolute Gasteiger partial charge is 0.490 e. The Hall–Kier alpha value is -4.08. The normalized spacial score (nSPS) is 16.9. The Labute approximate surface area is 251 Å². The van der Waals surface area contributed by atoms with Crippen LogP contribution in [-0.2, 0) is 11.3 Å². The zero-order valence-electron chi connectivity index (χ0n) is 22.5. The van der Waals surface area contributed by atoms with Crippen LogP contribution in [0.4, 0.5) is 14.9 Å². The Morgan fingerprint density at radius 3 is 2.71 bits per heavy atom. The second kappa shape index (κ2) is 11.3. The molecule has 216 valence electrons. The average Bonchev–Trinajstić information content (AvgIpc) is 3.61. The number of nitrogens with zero attached hydrogens (tertiary/aromatic N) is 3. The number of hydrogen-bond acceptors (Lipinski definition) is 5. The second-order valence-electron chi connectivity index (χ2n) is 10.4. The number of benzene rings is 3. The van der Waals surface area contributed by atoms with Crippen molar-refractivity contribution in [2.24, 2.45) is 5.92 Å². The van der Waals surface area contributed by atoms with Crippen LogP contribution in [0.1, 0.15) is 39.4 Å². The molecule has 0 saturated heterocycles. The lowest BCUT2D eigenvalue weighted by Gasteiger charge is -2.29. The van der Waals surface area contributed by atoms with Crippen LogP contribution in [0.5, 0.6) is 5.75 Å². The van der Waals surface area contributed by atoms with E-state index in [2.05, 4.69) is 5.10 Å². The molecular formula is C31H26Cl2FN3O5. The van der Waals surface area contributed by atoms with Crippen LogP contribution in [0, 0.1) is 18.7 Å². The Morgan fingerprint density at radius 2 is 1.93 bits per heavy atom. The number of carboxylic acids is 1. The van der Waals surface area contributed by atoms with Gasteiger partial charge >= 0.3 is 12.1 Å². The molecule has 2 aliphatic rings. The van der Waals surface area contributed by atoms with Gasteiger partial charge in [0.15, 0.2) is 0 Å². The number of aromatic nitrogens is 2. The monoisotopic (exact) mass is 609 g/mol. The van der Waals surface area contributed by atoms with E-state index in [0.717, 1.165) is 40.4 Å². The minimum Gasteiger partial charge on any atom is -0.490 e. The fourth-order valence-corrected chi connectivity index (χ4v) is 5.90. The number of amides is 1. The maximum absolute atomic E-state index is 14.7. The van der Waals surface area contributed by atoms with Crippen molar-refractivity contribution >= 4 is 41.0 Å². The van der Waals surface area contributed by atoms with Gasteiger partial charge in [-0.3, -0.25) is 9.58 Å². The van der Waals surface area contributed by atoms with Gasteiger partial charge in [-0.2, -0.15) is 5.10 Å². The van der Waals surface area contributed by atoms with Crippen molar-refractivity contribution in [2.75, 3.05) is 24.7 Å². The Morgan fingerprint density at radius 1 is 1.12 bits per heavy atom. The maximum Gasteiger partial charge on any atom is 0.414 e. The average molecular weight is 610 g/mol. The van der Waals surface area contributed by atoms with Gasteiger partial charge in [0.2, 0.25) is 0 Å². The number of halogens is 3. The van der Waals surface area contributed by atoms with Crippen molar-refractivity contribution in [1.82, 2.24) is 9.78 Å². The fourth-order valence-electron chi connectivity index (χ4n) is 5.47. The Balaban J connectivity index is 1.17. The van der Waals surface area contributed by atoms with Gasteiger partial charge in [-0.1, -0.05) is 41.4 Å². The lowest BCUT2D eigenvalue weighted by Crippen LogP contribution is -2.37. The standard InChI is InChI=1S/C31H26Cl2FN3O5/c1-17-24(32)5-3-7-28(17)41-8-9-42-31(40)37-15-19-10-22(19)29-21(4-2-6-27(29)37)20-13-35-36(14-20)16-23-25(33)11-18(30(38)39)12-26(23)34/h2-7,11-14,19,22H,8-10,15-16H2,1H3,(H,38,39)/t19-,22-/m0/s1. The van der Waals surface area contributed by atoms with Gasteiger partial charge in [0, 0.05) is 39.5 Å². The van der Waals surface area contributed by atoms with Gasteiger partial charge in [-0.25, -0.2) is 14.0 Å². The number of fused-ring (bicyclic) bond motifs is 3. The first-order chi connectivity index (χ1) is 20.2. The minimum absolute atomic E-state index is 0.0182. The highest BCUT2D eigenvalue weighted by atomic mass is 35.5. The third kappa shape index (κ3) is 5.42. The number of rotatable bonds is 8. The molecule has 1 amide bonds. The van der Waals surface area contributed by atoms with Crippen molar-refractivity contribution in [1.29, 1.82) is 0 Å². The van der Waals surface area contributed by atoms with Gasteiger partial charge in [-0.05, 0) is 66.6 Å². The highest BCUT2D eigenvalue weighted by Crippen LogP contribution is 2.57. The number of carboxylic acid groups (broad SMARTS) is 1. The number of ether oxygens (including phenoxy) is 2. The molecule has 0 radical (unpaired) electrons. The molecule has 8 nitrogen and oxygen atoms in total. The molecule has 0 bridgehead atoms. The van der Waals surface area contributed by atoms with E-state index >= 15 is 0 Å². The van der Waals surface area contributed by atoms with E-state index in [1.807, 2.05) is 31.2 Å². The lowest BCUT2D eigenvalue weighted by atomic mass is 9.93. The molecule has 1 fully saturated rings. The molecule has 4 aromatic rings. The van der Waals surface area contributed by atoms with Crippen molar-refractivity contribution in [3.63, 3.8) is 0 Å². The van der Waals surface area contributed by atoms with Gasteiger partial charge in [0.1, 0.15) is 24.8 Å². The second-order valence-corrected chi connectivity index (χ2v) is 11.2. The van der Waals surface area contributed by atoms with E-state index in [9.17, 15) is 14.0 Å². The highest BCUT2D eigenvalue weighted by Gasteiger charge is 2.48. The Kier molecular flexibility index (Phi) is 7.55.